The standard InChI is InChI=1S/C15H22N2O/c1-4-17(11-12(2)3)15(18)10-14(16)13-8-6-5-7-9-13/h5-9,14H,2,4,10-11,16H2,1,3H3. The largest absolute Gasteiger partial charge is 0.339 e. The van der Waals surface area contributed by atoms with E-state index in [1.807, 2.05) is 44.2 Å². The van der Waals surface area contributed by atoms with E-state index < -0.39 is 0 Å². The minimum Gasteiger partial charge on any atom is -0.339 e. The Labute approximate surface area is 109 Å². The van der Waals surface area contributed by atoms with E-state index in [0.717, 1.165) is 11.1 Å². The minimum atomic E-state index is -0.238. The summed E-state index contributed by atoms with van der Waals surface area (Å²) in [6.45, 7) is 9.02. The number of likely N-dealkylation sites (N-methyl/N-ethyl adjacent to an activating group) is 1. The molecule has 1 rings (SSSR count). The first-order chi connectivity index (χ1) is 8.54. The number of benzene rings is 1. The second-order valence-electron chi connectivity index (χ2n) is 4.59. The van der Waals surface area contributed by atoms with Gasteiger partial charge in [0.2, 0.25) is 5.91 Å². The van der Waals surface area contributed by atoms with Crippen LogP contribution >= 0.6 is 0 Å². The Morgan fingerprint density at radius 1 is 1.39 bits per heavy atom. The van der Waals surface area contributed by atoms with E-state index in [1.165, 1.54) is 0 Å². The van der Waals surface area contributed by atoms with Crippen LogP contribution in [0.2, 0.25) is 0 Å². The van der Waals surface area contributed by atoms with Crippen LogP contribution in [0.15, 0.2) is 42.5 Å². The fraction of sp³-hybridized carbons (Fsp3) is 0.400. The van der Waals surface area contributed by atoms with Crippen LogP contribution in [-0.4, -0.2) is 23.9 Å². The maximum atomic E-state index is 12.1. The van der Waals surface area contributed by atoms with E-state index in [4.69, 9.17) is 5.73 Å². The molecule has 3 heteroatoms. The molecule has 18 heavy (non-hydrogen) atoms. The first kappa shape index (κ1) is 14.5. The van der Waals surface area contributed by atoms with Crippen LogP contribution in [-0.2, 0) is 4.79 Å². The number of rotatable bonds is 6. The predicted molar refractivity (Wildman–Crippen MR) is 75.1 cm³/mol. The van der Waals surface area contributed by atoms with Gasteiger partial charge in [-0.3, -0.25) is 4.79 Å². The van der Waals surface area contributed by atoms with Gasteiger partial charge in [0, 0.05) is 25.6 Å². The van der Waals surface area contributed by atoms with Crippen LogP contribution in [0.1, 0.15) is 31.9 Å². The molecule has 0 heterocycles. The molecule has 0 aliphatic heterocycles. The van der Waals surface area contributed by atoms with Crippen molar-refractivity contribution >= 4 is 5.91 Å². The highest BCUT2D eigenvalue weighted by molar-refractivity contribution is 5.77. The summed E-state index contributed by atoms with van der Waals surface area (Å²) in [5.41, 5.74) is 8.03. The highest BCUT2D eigenvalue weighted by atomic mass is 16.2. The third-order valence-corrected chi connectivity index (χ3v) is 2.82. The van der Waals surface area contributed by atoms with Gasteiger partial charge in [0.25, 0.3) is 0 Å². The number of hydrogen-bond donors (Lipinski definition) is 1. The summed E-state index contributed by atoms with van der Waals surface area (Å²) in [4.78, 5) is 13.9. The molecule has 0 fully saturated rings. The lowest BCUT2D eigenvalue weighted by Crippen LogP contribution is -2.34. The van der Waals surface area contributed by atoms with Crippen molar-refractivity contribution in [2.24, 2.45) is 5.73 Å². The van der Waals surface area contributed by atoms with Crippen LogP contribution in [0, 0.1) is 0 Å². The smallest absolute Gasteiger partial charge is 0.224 e. The lowest BCUT2D eigenvalue weighted by atomic mass is 10.0. The zero-order valence-corrected chi connectivity index (χ0v) is 11.2. The Morgan fingerprint density at radius 3 is 2.50 bits per heavy atom. The molecule has 0 bridgehead atoms. The average molecular weight is 246 g/mol. The molecule has 0 aromatic heterocycles. The number of nitrogens with two attached hydrogens (primary N) is 1. The van der Waals surface area contributed by atoms with Gasteiger partial charge in [-0.25, -0.2) is 0 Å². The molecule has 0 saturated carbocycles. The summed E-state index contributed by atoms with van der Waals surface area (Å²) in [7, 11) is 0. The highest BCUT2D eigenvalue weighted by Gasteiger charge is 2.16. The topological polar surface area (TPSA) is 46.3 Å². The summed E-state index contributed by atoms with van der Waals surface area (Å²) < 4.78 is 0. The molecule has 1 aromatic carbocycles. The van der Waals surface area contributed by atoms with Crippen LogP contribution in [0.5, 0.6) is 0 Å². The van der Waals surface area contributed by atoms with Gasteiger partial charge in [0.05, 0.1) is 0 Å². The summed E-state index contributed by atoms with van der Waals surface area (Å²) in [5.74, 6) is 0.0804. The molecular weight excluding hydrogens is 224 g/mol. The van der Waals surface area contributed by atoms with E-state index in [1.54, 1.807) is 4.90 Å². The maximum absolute atomic E-state index is 12.1. The number of carbonyl (C=O) groups is 1. The van der Waals surface area contributed by atoms with Crippen LogP contribution in [0.3, 0.4) is 0 Å². The first-order valence-electron chi connectivity index (χ1n) is 6.27. The molecule has 0 saturated heterocycles. The molecule has 1 unspecified atom stereocenters. The fourth-order valence-corrected chi connectivity index (χ4v) is 1.84. The number of amides is 1. The van der Waals surface area contributed by atoms with Crippen molar-refractivity contribution in [2.45, 2.75) is 26.3 Å². The van der Waals surface area contributed by atoms with Crippen molar-refractivity contribution in [3.05, 3.63) is 48.0 Å². The molecule has 1 atom stereocenters. The van der Waals surface area contributed by atoms with Crippen LogP contribution < -0.4 is 5.73 Å². The van der Waals surface area contributed by atoms with E-state index in [-0.39, 0.29) is 11.9 Å². The number of hydrogen-bond acceptors (Lipinski definition) is 2. The zero-order chi connectivity index (χ0) is 13.5. The van der Waals surface area contributed by atoms with Gasteiger partial charge in [0.15, 0.2) is 0 Å². The van der Waals surface area contributed by atoms with Crippen LogP contribution in [0.4, 0.5) is 0 Å². The Hall–Kier alpha value is -1.61. The molecule has 2 N–H and O–H groups in total. The summed E-state index contributed by atoms with van der Waals surface area (Å²) in [6.07, 6.45) is 0.338. The zero-order valence-electron chi connectivity index (χ0n) is 11.2. The van der Waals surface area contributed by atoms with Crippen molar-refractivity contribution in [1.29, 1.82) is 0 Å². The molecule has 0 radical (unpaired) electrons. The Balaban J connectivity index is 2.60. The van der Waals surface area contributed by atoms with Gasteiger partial charge in [-0.2, -0.15) is 0 Å². The predicted octanol–water partition coefficient (Wildman–Crippen LogP) is 2.50. The Kier molecular flexibility index (Phi) is 5.59. The van der Waals surface area contributed by atoms with Gasteiger partial charge in [-0.15, -0.1) is 0 Å². The molecule has 0 aliphatic carbocycles. The van der Waals surface area contributed by atoms with E-state index in [0.29, 0.717) is 19.5 Å². The van der Waals surface area contributed by atoms with Crippen LogP contribution in [0.25, 0.3) is 0 Å². The SMILES string of the molecule is C=C(C)CN(CC)C(=O)CC(N)c1ccccc1. The molecule has 3 nitrogen and oxygen atoms in total. The van der Waals surface area contributed by atoms with Gasteiger partial charge >= 0.3 is 0 Å². The Bertz CT molecular complexity index is 400. The summed E-state index contributed by atoms with van der Waals surface area (Å²) >= 11 is 0. The third-order valence-electron chi connectivity index (χ3n) is 2.82. The molecule has 0 aliphatic rings. The highest BCUT2D eigenvalue weighted by Crippen LogP contribution is 2.15. The van der Waals surface area contributed by atoms with Crippen molar-refractivity contribution in [2.75, 3.05) is 13.1 Å². The molecule has 1 aromatic rings. The van der Waals surface area contributed by atoms with Gasteiger partial charge in [-0.05, 0) is 19.4 Å². The summed E-state index contributed by atoms with van der Waals surface area (Å²) in [6, 6.07) is 9.48. The molecule has 98 valence electrons. The molecule has 1 amide bonds. The van der Waals surface area contributed by atoms with E-state index in [9.17, 15) is 4.79 Å². The van der Waals surface area contributed by atoms with Crippen molar-refractivity contribution < 1.29 is 4.79 Å². The monoisotopic (exact) mass is 246 g/mol. The second kappa shape index (κ2) is 6.97. The molecular formula is C15H22N2O. The quantitative estimate of drug-likeness (QED) is 0.784. The van der Waals surface area contributed by atoms with Gasteiger partial charge in [-0.1, -0.05) is 42.5 Å². The average Bonchev–Trinajstić information content (AvgIpc) is 2.36. The van der Waals surface area contributed by atoms with Crippen molar-refractivity contribution in [1.82, 2.24) is 4.90 Å². The second-order valence-corrected chi connectivity index (χ2v) is 4.59. The number of carbonyl (C=O) groups excluding carboxylic acids is 1. The van der Waals surface area contributed by atoms with Crippen molar-refractivity contribution in [3.8, 4) is 0 Å². The maximum Gasteiger partial charge on any atom is 0.224 e. The third kappa shape index (κ3) is 4.34. The van der Waals surface area contributed by atoms with Crippen molar-refractivity contribution in [3.63, 3.8) is 0 Å². The first-order valence-corrected chi connectivity index (χ1v) is 6.27. The van der Waals surface area contributed by atoms with E-state index in [2.05, 4.69) is 6.58 Å². The normalized spacial score (nSPS) is 11.9. The lowest BCUT2D eigenvalue weighted by molar-refractivity contribution is -0.131. The number of nitrogens with zero attached hydrogens (tertiary/aromatic N) is 1. The fourth-order valence-electron chi connectivity index (χ4n) is 1.84. The van der Waals surface area contributed by atoms with Gasteiger partial charge < -0.3 is 10.6 Å². The lowest BCUT2D eigenvalue weighted by Gasteiger charge is -2.23. The molecule has 0 spiro atoms. The van der Waals surface area contributed by atoms with Gasteiger partial charge in [0.1, 0.15) is 0 Å². The van der Waals surface area contributed by atoms with E-state index >= 15 is 0 Å². The summed E-state index contributed by atoms with van der Waals surface area (Å²) in [5, 5.41) is 0. The minimum absolute atomic E-state index is 0.0804. The Morgan fingerprint density at radius 2 is 2.00 bits per heavy atom.